The Labute approximate surface area is 159 Å². The van der Waals surface area contributed by atoms with Crippen molar-refractivity contribution in [2.75, 3.05) is 29.9 Å². The Morgan fingerprint density at radius 2 is 2.12 bits per heavy atom. The molecule has 1 aromatic carbocycles. The minimum atomic E-state index is 0.0127. The highest BCUT2D eigenvalue weighted by Crippen LogP contribution is 2.25. The SMILES string of the molecule is CCCOc1cccc(NC(=O)C2CCN(c3ccc(Cl)cn3)CC2)c1. The number of hydrogen-bond donors (Lipinski definition) is 1. The highest BCUT2D eigenvalue weighted by Gasteiger charge is 2.25. The molecule has 26 heavy (non-hydrogen) atoms. The van der Waals surface area contributed by atoms with Gasteiger partial charge < -0.3 is 15.0 Å². The Morgan fingerprint density at radius 3 is 2.81 bits per heavy atom. The number of amides is 1. The first kappa shape index (κ1) is 18.5. The first-order chi connectivity index (χ1) is 12.7. The van der Waals surface area contributed by atoms with Gasteiger partial charge in [0.05, 0.1) is 11.6 Å². The lowest BCUT2D eigenvalue weighted by molar-refractivity contribution is -0.120. The van der Waals surface area contributed by atoms with Gasteiger partial charge in [0.2, 0.25) is 5.91 Å². The summed E-state index contributed by atoms with van der Waals surface area (Å²) in [4.78, 5) is 19.1. The van der Waals surface area contributed by atoms with Crippen molar-refractivity contribution in [2.45, 2.75) is 26.2 Å². The van der Waals surface area contributed by atoms with Crippen LogP contribution in [0.3, 0.4) is 0 Å². The summed E-state index contributed by atoms with van der Waals surface area (Å²) in [6, 6.07) is 11.3. The van der Waals surface area contributed by atoms with Gasteiger partial charge in [0.15, 0.2) is 0 Å². The van der Waals surface area contributed by atoms with Crippen LogP contribution in [0.25, 0.3) is 0 Å². The normalized spacial score (nSPS) is 14.9. The van der Waals surface area contributed by atoms with E-state index in [1.165, 1.54) is 0 Å². The lowest BCUT2D eigenvalue weighted by atomic mass is 9.96. The van der Waals surface area contributed by atoms with Crippen LogP contribution in [0.1, 0.15) is 26.2 Å². The Morgan fingerprint density at radius 1 is 1.31 bits per heavy atom. The highest BCUT2D eigenvalue weighted by molar-refractivity contribution is 6.30. The molecular formula is C20H24ClN3O2. The smallest absolute Gasteiger partial charge is 0.227 e. The average Bonchev–Trinajstić information content (AvgIpc) is 2.67. The van der Waals surface area contributed by atoms with E-state index in [0.717, 1.165) is 49.6 Å². The van der Waals surface area contributed by atoms with Gasteiger partial charge in [-0.1, -0.05) is 24.6 Å². The Balaban J connectivity index is 1.53. The summed E-state index contributed by atoms with van der Waals surface area (Å²) in [5.74, 6) is 1.78. The lowest BCUT2D eigenvalue weighted by Gasteiger charge is -2.32. The van der Waals surface area contributed by atoms with Gasteiger partial charge in [-0.2, -0.15) is 0 Å². The second kappa shape index (κ2) is 8.90. The number of benzene rings is 1. The van der Waals surface area contributed by atoms with Gasteiger partial charge in [0.1, 0.15) is 11.6 Å². The zero-order valence-corrected chi connectivity index (χ0v) is 15.7. The molecule has 6 heteroatoms. The van der Waals surface area contributed by atoms with Crippen molar-refractivity contribution >= 4 is 29.0 Å². The first-order valence-electron chi connectivity index (χ1n) is 9.06. The molecule has 0 aliphatic carbocycles. The Bertz CT molecular complexity index is 728. The van der Waals surface area contributed by atoms with E-state index in [4.69, 9.17) is 16.3 Å². The molecule has 1 amide bonds. The van der Waals surface area contributed by atoms with Crippen LogP contribution >= 0.6 is 11.6 Å². The molecule has 1 saturated heterocycles. The summed E-state index contributed by atoms with van der Waals surface area (Å²) in [5.41, 5.74) is 0.783. The minimum Gasteiger partial charge on any atom is -0.494 e. The number of nitrogens with one attached hydrogen (secondary N) is 1. The molecule has 3 rings (SSSR count). The van der Waals surface area contributed by atoms with Crippen molar-refractivity contribution in [3.63, 3.8) is 0 Å². The molecule has 0 atom stereocenters. The zero-order valence-electron chi connectivity index (χ0n) is 15.0. The predicted octanol–water partition coefficient (Wildman–Crippen LogP) is 4.38. The van der Waals surface area contributed by atoms with E-state index in [9.17, 15) is 4.79 Å². The number of halogens is 1. The number of hydrogen-bond acceptors (Lipinski definition) is 4. The maximum atomic E-state index is 12.6. The number of carbonyl (C=O) groups is 1. The van der Waals surface area contributed by atoms with Crippen LogP contribution in [0.15, 0.2) is 42.6 Å². The summed E-state index contributed by atoms with van der Waals surface area (Å²) in [6.07, 6.45) is 4.23. The number of carbonyl (C=O) groups excluding carboxylic acids is 1. The third kappa shape index (κ3) is 4.88. The fourth-order valence-corrected chi connectivity index (χ4v) is 3.17. The third-order valence-corrected chi connectivity index (χ3v) is 4.70. The lowest BCUT2D eigenvalue weighted by Crippen LogP contribution is -2.38. The van der Waals surface area contributed by atoms with E-state index in [2.05, 4.69) is 22.1 Å². The molecule has 0 saturated carbocycles. The van der Waals surface area contributed by atoms with E-state index in [1.807, 2.05) is 36.4 Å². The number of pyridine rings is 1. The van der Waals surface area contributed by atoms with Gasteiger partial charge in [-0.3, -0.25) is 4.79 Å². The molecule has 1 aromatic heterocycles. The topological polar surface area (TPSA) is 54.5 Å². The molecule has 2 heterocycles. The molecule has 0 radical (unpaired) electrons. The number of piperidine rings is 1. The van der Waals surface area contributed by atoms with Crippen molar-refractivity contribution in [1.29, 1.82) is 0 Å². The molecule has 1 fully saturated rings. The number of ether oxygens (including phenoxy) is 1. The highest BCUT2D eigenvalue weighted by atomic mass is 35.5. The molecule has 1 aliphatic heterocycles. The molecule has 5 nitrogen and oxygen atoms in total. The van der Waals surface area contributed by atoms with Crippen LogP contribution < -0.4 is 15.0 Å². The monoisotopic (exact) mass is 373 g/mol. The summed E-state index contributed by atoms with van der Waals surface area (Å²) in [7, 11) is 0. The number of aromatic nitrogens is 1. The molecule has 2 aromatic rings. The van der Waals surface area contributed by atoms with E-state index in [0.29, 0.717) is 11.6 Å². The zero-order chi connectivity index (χ0) is 18.4. The quantitative estimate of drug-likeness (QED) is 0.816. The van der Waals surface area contributed by atoms with Crippen LogP contribution in [0, 0.1) is 5.92 Å². The van der Waals surface area contributed by atoms with Gasteiger partial charge in [-0.15, -0.1) is 0 Å². The molecule has 1 N–H and O–H groups in total. The van der Waals surface area contributed by atoms with Crippen LogP contribution in [0.4, 0.5) is 11.5 Å². The van der Waals surface area contributed by atoms with E-state index < -0.39 is 0 Å². The third-order valence-electron chi connectivity index (χ3n) is 4.48. The molecule has 138 valence electrons. The first-order valence-corrected chi connectivity index (χ1v) is 9.43. The molecule has 0 unspecified atom stereocenters. The number of rotatable bonds is 6. The van der Waals surface area contributed by atoms with Gasteiger partial charge >= 0.3 is 0 Å². The maximum absolute atomic E-state index is 12.6. The van der Waals surface area contributed by atoms with Crippen molar-refractivity contribution in [3.8, 4) is 5.75 Å². The predicted molar refractivity (Wildman–Crippen MR) is 105 cm³/mol. The Kier molecular flexibility index (Phi) is 6.34. The van der Waals surface area contributed by atoms with E-state index in [1.54, 1.807) is 6.20 Å². The van der Waals surface area contributed by atoms with Gasteiger partial charge in [0.25, 0.3) is 0 Å². The van der Waals surface area contributed by atoms with Crippen molar-refractivity contribution in [3.05, 3.63) is 47.6 Å². The van der Waals surface area contributed by atoms with Crippen molar-refractivity contribution < 1.29 is 9.53 Å². The number of anilines is 2. The van der Waals surface area contributed by atoms with Gasteiger partial charge in [-0.25, -0.2) is 4.98 Å². The van der Waals surface area contributed by atoms with Crippen LogP contribution in [0.2, 0.25) is 5.02 Å². The average molecular weight is 374 g/mol. The second-order valence-electron chi connectivity index (χ2n) is 6.46. The standard InChI is InChI=1S/C20H24ClN3O2/c1-2-12-26-18-5-3-4-17(13-18)23-20(25)15-8-10-24(11-9-15)19-7-6-16(21)14-22-19/h3-7,13-15H,2,8-12H2,1H3,(H,23,25). The molecule has 0 bridgehead atoms. The molecular weight excluding hydrogens is 350 g/mol. The van der Waals surface area contributed by atoms with E-state index in [-0.39, 0.29) is 11.8 Å². The van der Waals surface area contributed by atoms with E-state index >= 15 is 0 Å². The van der Waals surface area contributed by atoms with Crippen molar-refractivity contribution in [2.24, 2.45) is 5.92 Å². The molecule has 0 spiro atoms. The second-order valence-corrected chi connectivity index (χ2v) is 6.90. The van der Waals surface area contributed by atoms with Crippen LogP contribution in [-0.2, 0) is 4.79 Å². The number of nitrogens with zero attached hydrogens (tertiary/aromatic N) is 2. The van der Waals surface area contributed by atoms with Gasteiger partial charge in [0, 0.05) is 37.0 Å². The fraction of sp³-hybridized carbons (Fsp3) is 0.400. The summed E-state index contributed by atoms with van der Waals surface area (Å²) in [6.45, 7) is 4.37. The summed E-state index contributed by atoms with van der Waals surface area (Å²) in [5, 5.41) is 3.65. The summed E-state index contributed by atoms with van der Waals surface area (Å²) < 4.78 is 5.62. The Hall–Kier alpha value is -2.27. The maximum Gasteiger partial charge on any atom is 0.227 e. The van der Waals surface area contributed by atoms with Crippen molar-refractivity contribution in [1.82, 2.24) is 4.98 Å². The van der Waals surface area contributed by atoms with Crippen LogP contribution in [0.5, 0.6) is 5.75 Å². The minimum absolute atomic E-state index is 0.0127. The largest absolute Gasteiger partial charge is 0.494 e. The van der Waals surface area contributed by atoms with Gasteiger partial charge in [-0.05, 0) is 43.5 Å². The summed E-state index contributed by atoms with van der Waals surface area (Å²) >= 11 is 5.89. The fourth-order valence-electron chi connectivity index (χ4n) is 3.05. The molecule has 1 aliphatic rings. The van der Waals surface area contributed by atoms with Crippen LogP contribution in [-0.4, -0.2) is 30.6 Å².